The van der Waals surface area contributed by atoms with E-state index < -0.39 is 5.97 Å². The number of aryl methyl sites for hydroxylation is 1. The van der Waals surface area contributed by atoms with E-state index in [1.165, 1.54) is 6.07 Å². The highest BCUT2D eigenvalue weighted by Gasteiger charge is 2.28. The summed E-state index contributed by atoms with van der Waals surface area (Å²) in [6.07, 6.45) is 1.55. The lowest BCUT2D eigenvalue weighted by molar-refractivity contribution is 0.0734. The fourth-order valence-corrected chi connectivity index (χ4v) is 3.39. The molecule has 4 rings (SSSR count). The molecule has 0 amide bonds. The van der Waals surface area contributed by atoms with Gasteiger partial charge >= 0.3 is 5.97 Å². The van der Waals surface area contributed by atoms with Gasteiger partial charge in [0.05, 0.1) is 11.1 Å². The van der Waals surface area contributed by atoms with Crippen molar-refractivity contribution in [2.45, 2.75) is 6.92 Å². The van der Waals surface area contributed by atoms with Crippen LogP contribution in [0.1, 0.15) is 31.8 Å². The zero-order valence-electron chi connectivity index (χ0n) is 15.2. The third-order valence-electron chi connectivity index (χ3n) is 4.35. The zero-order chi connectivity index (χ0) is 20.5. The molecule has 0 radical (unpaired) electrons. The van der Waals surface area contributed by atoms with E-state index in [0.717, 1.165) is 5.56 Å². The summed E-state index contributed by atoms with van der Waals surface area (Å²) in [5.74, 6) is -0.0228. The van der Waals surface area contributed by atoms with Gasteiger partial charge in [-0.3, -0.25) is 4.79 Å². The van der Waals surface area contributed by atoms with E-state index in [-0.39, 0.29) is 17.3 Å². The predicted molar refractivity (Wildman–Crippen MR) is 112 cm³/mol. The molecule has 0 fully saturated rings. The highest BCUT2D eigenvalue weighted by molar-refractivity contribution is 6.35. The molecular formula is C23H14Cl2O4. The highest BCUT2D eigenvalue weighted by Crippen LogP contribution is 2.36. The summed E-state index contributed by atoms with van der Waals surface area (Å²) in [6.45, 7) is 1.90. The molecule has 4 nitrogen and oxygen atoms in total. The molecule has 29 heavy (non-hydrogen) atoms. The van der Waals surface area contributed by atoms with E-state index in [4.69, 9.17) is 32.7 Å². The number of ketones is 1. The number of carbonyl (C=O) groups is 2. The molecule has 0 aliphatic carbocycles. The van der Waals surface area contributed by atoms with Gasteiger partial charge in [0, 0.05) is 16.1 Å². The Morgan fingerprint density at radius 1 is 1.03 bits per heavy atom. The van der Waals surface area contributed by atoms with Crippen LogP contribution in [0.25, 0.3) is 6.08 Å². The molecule has 0 aromatic heterocycles. The van der Waals surface area contributed by atoms with Crippen molar-refractivity contribution in [2.24, 2.45) is 0 Å². The topological polar surface area (TPSA) is 52.6 Å². The fraction of sp³-hybridized carbons (Fsp3) is 0.0435. The minimum Gasteiger partial charge on any atom is -0.452 e. The van der Waals surface area contributed by atoms with Gasteiger partial charge in [-0.15, -0.1) is 0 Å². The van der Waals surface area contributed by atoms with Crippen molar-refractivity contribution in [3.8, 4) is 11.5 Å². The molecule has 144 valence electrons. The van der Waals surface area contributed by atoms with Crippen molar-refractivity contribution in [2.75, 3.05) is 0 Å². The molecule has 3 aromatic carbocycles. The monoisotopic (exact) mass is 424 g/mol. The first-order chi connectivity index (χ1) is 13.9. The Hall–Kier alpha value is -3.08. The van der Waals surface area contributed by atoms with Crippen molar-refractivity contribution in [3.05, 3.63) is 98.7 Å². The van der Waals surface area contributed by atoms with Crippen LogP contribution in [0.4, 0.5) is 0 Å². The average Bonchev–Trinajstić information content (AvgIpc) is 2.99. The van der Waals surface area contributed by atoms with Crippen molar-refractivity contribution < 1.29 is 19.1 Å². The van der Waals surface area contributed by atoms with Crippen LogP contribution >= 0.6 is 23.2 Å². The number of fused-ring (bicyclic) bond motifs is 1. The molecule has 0 unspecified atom stereocenters. The molecule has 0 N–H and O–H groups in total. The van der Waals surface area contributed by atoms with E-state index in [9.17, 15) is 9.59 Å². The number of allylic oxidation sites excluding steroid dienone is 1. The van der Waals surface area contributed by atoms with Crippen molar-refractivity contribution in [1.29, 1.82) is 0 Å². The molecule has 0 atom stereocenters. The maximum atomic E-state index is 12.6. The fourth-order valence-electron chi connectivity index (χ4n) is 2.93. The lowest BCUT2D eigenvalue weighted by atomic mass is 10.1. The summed E-state index contributed by atoms with van der Waals surface area (Å²) < 4.78 is 11.1. The normalized spacial score (nSPS) is 13.9. The number of esters is 1. The van der Waals surface area contributed by atoms with Crippen LogP contribution in [0.15, 0.2) is 66.4 Å². The Morgan fingerprint density at radius 2 is 1.86 bits per heavy atom. The molecular weight excluding hydrogens is 411 g/mol. The first kappa shape index (κ1) is 19.2. The number of rotatable bonds is 3. The summed E-state index contributed by atoms with van der Waals surface area (Å²) >= 11 is 12.1. The molecule has 0 bridgehead atoms. The number of Topliss-reactive ketones (excluding diaryl/α,β-unsaturated/α-hetero) is 1. The Kier molecular flexibility index (Phi) is 5.14. The van der Waals surface area contributed by atoms with E-state index in [2.05, 4.69) is 0 Å². The second kappa shape index (κ2) is 7.74. The van der Waals surface area contributed by atoms with Crippen LogP contribution < -0.4 is 9.47 Å². The van der Waals surface area contributed by atoms with Crippen LogP contribution in [-0.4, -0.2) is 11.8 Å². The maximum Gasteiger partial charge on any atom is 0.343 e. The third-order valence-corrected chi connectivity index (χ3v) is 4.92. The van der Waals surface area contributed by atoms with Crippen LogP contribution in [0.5, 0.6) is 11.5 Å². The Labute approximate surface area is 177 Å². The van der Waals surface area contributed by atoms with Crippen molar-refractivity contribution in [3.63, 3.8) is 0 Å². The zero-order valence-corrected chi connectivity index (χ0v) is 16.8. The summed E-state index contributed by atoms with van der Waals surface area (Å²) in [5, 5.41) is 0.907. The average molecular weight is 425 g/mol. The van der Waals surface area contributed by atoms with Crippen LogP contribution in [0.3, 0.4) is 0 Å². The summed E-state index contributed by atoms with van der Waals surface area (Å²) in [6, 6.07) is 16.7. The summed E-state index contributed by atoms with van der Waals surface area (Å²) in [5.41, 5.74) is 2.40. The molecule has 0 spiro atoms. The minimum atomic E-state index is -0.485. The first-order valence-corrected chi connectivity index (χ1v) is 9.48. The first-order valence-electron chi connectivity index (χ1n) is 8.73. The molecule has 0 saturated carbocycles. The van der Waals surface area contributed by atoms with Gasteiger partial charge in [0.15, 0.2) is 5.76 Å². The van der Waals surface area contributed by atoms with Gasteiger partial charge in [0.25, 0.3) is 0 Å². The van der Waals surface area contributed by atoms with Gasteiger partial charge in [-0.25, -0.2) is 4.79 Å². The van der Waals surface area contributed by atoms with Crippen molar-refractivity contribution in [1.82, 2.24) is 0 Å². The minimum absolute atomic E-state index is 0.131. The number of ether oxygens (including phenoxy) is 2. The molecule has 1 aliphatic heterocycles. The maximum absolute atomic E-state index is 12.6. The van der Waals surface area contributed by atoms with Gasteiger partial charge in [-0.1, -0.05) is 47.0 Å². The Bertz CT molecular complexity index is 1180. The lowest BCUT2D eigenvalue weighted by Crippen LogP contribution is -2.08. The standard InChI is InChI=1S/C23H14Cl2O4/c1-13-3-2-4-15(9-13)23(27)28-17-7-8-18-20(12-17)29-21(22(18)26)10-14-5-6-16(24)11-19(14)25/h2-12H,1H3/b21-10-. The predicted octanol–water partition coefficient (Wildman–Crippen LogP) is 6.14. The van der Waals surface area contributed by atoms with E-state index in [1.807, 2.05) is 13.0 Å². The van der Waals surface area contributed by atoms with Crippen LogP contribution in [0, 0.1) is 6.92 Å². The SMILES string of the molecule is Cc1cccc(C(=O)Oc2ccc3c(c2)O/C(=C\c2ccc(Cl)cc2Cl)C3=O)c1. The molecule has 1 heterocycles. The molecule has 1 aliphatic rings. The van der Waals surface area contributed by atoms with Gasteiger partial charge in [0.1, 0.15) is 11.5 Å². The van der Waals surface area contributed by atoms with Crippen LogP contribution in [0.2, 0.25) is 10.0 Å². The molecule has 6 heteroatoms. The van der Waals surface area contributed by atoms with Gasteiger partial charge < -0.3 is 9.47 Å². The van der Waals surface area contributed by atoms with Gasteiger partial charge in [-0.2, -0.15) is 0 Å². The van der Waals surface area contributed by atoms with E-state index in [0.29, 0.717) is 32.5 Å². The number of benzene rings is 3. The number of hydrogen-bond donors (Lipinski definition) is 0. The largest absolute Gasteiger partial charge is 0.452 e. The second-order valence-electron chi connectivity index (χ2n) is 6.52. The van der Waals surface area contributed by atoms with Gasteiger partial charge in [-0.05, 0) is 55.0 Å². The van der Waals surface area contributed by atoms with E-state index >= 15 is 0 Å². The number of hydrogen-bond acceptors (Lipinski definition) is 4. The lowest BCUT2D eigenvalue weighted by Gasteiger charge is -2.06. The summed E-state index contributed by atoms with van der Waals surface area (Å²) in [7, 11) is 0. The number of carbonyl (C=O) groups excluding carboxylic acids is 2. The van der Waals surface area contributed by atoms with Crippen LogP contribution in [-0.2, 0) is 0 Å². The molecule has 0 saturated heterocycles. The highest BCUT2D eigenvalue weighted by atomic mass is 35.5. The molecule has 3 aromatic rings. The number of halogens is 2. The Morgan fingerprint density at radius 3 is 2.62 bits per heavy atom. The quantitative estimate of drug-likeness (QED) is 0.288. The van der Waals surface area contributed by atoms with Gasteiger partial charge in [0.2, 0.25) is 5.78 Å². The Balaban J connectivity index is 1.57. The smallest absolute Gasteiger partial charge is 0.343 e. The van der Waals surface area contributed by atoms with E-state index in [1.54, 1.807) is 54.6 Å². The van der Waals surface area contributed by atoms with Crippen molar-refractivity contribution >= 4 is 41.0 Å². The second-order valence-corrected chi connectivity index (χ2v) is 7.37. The third kappa shape index (κ3) is 4.04. The summed E-state index contributed by atoms with van der Waals surface area (Å²) in [4.78, 5) is 24.9.